The summed E-state index contributed by atoms with van der Waals surface area (Å²) < 4.78 is 0. The Kier molecular flexibility index (Phi) is 3.20. The Morgan fingerprint density at radius 1 is 1.64 bits per heavy atom. The van der Waals surface area contributed by atoms with Gasteiger partial charge in [-0.25, -0.2) is 0 Å². The molecule has 0 atom stereocenters. The molecule has 0 aliphatic rings. The molecule has 0 aliphatic carbocycles. The van der Waals surface area contributed by atoms with Crippen LogP contribution >= 0.6 is 11.3 Å². The summed E-state index contributed by atoms with van der Waals surface area (Å²) in [4.78, 5) is 22.1. The number of nitrogens with two attached hydrogens (primary N) is 1. The molecule has 1 rings (SSSR count). The Morgan fingerprint density at radius 2 is 2.36 bits per heavy atom. The lowest BCUT2D eigenvalue weighted by Gasteiger charge is -2.00. The van der Waals surface area contributed by atoms with Crippen molar-refractivity contribution in [1.82, 2.24) is 0 Å². The van der Waals surface area contributed by atoms with Crippen LogP contribution < -0.4 is 11.1 Å². The largest absolute Gasteiger partial charge is 0.365 e. The molecule has 2 amide bonds. The molecule has 0 unspecified atom stereocenters. The van der Waals surface area contributed by atoms with Gasteiger partial charge in [0.15, 0.2) is 0 Å². The molecule has 0 radical (unpaired) electrons. The van der Waals surface area contributed by atoms with E-state index in [-0.39, 0.29) is 11.3 Å². The predicted molar refractivity (Wildman–Crippen MR) is 51.7 cm³/mol. The standard InChI is InChI=1S/C8H7N3O2S/c9-3-1-6(12)11-5-2-4-14-7(5)8(10)13/h2,4H,1H2,(H2,10,13)(H,11,12). The van der Waals surface area contributed by atoms with Crippen LogP contribution in [-0.2, 0) is 4.79 Å². The summed E-state index contributed by atoms with van der Waals surface area (Å²) in [5.74, 6) is -1.04. The third-order valence-corrected chi connectivity index (χ3v) is 2.33. The fourth-order valence-electron chi connectivity index (χ4n) is 0.865. The molecule has 14 heavy (non-hydrogen) atoms. The zero-order valence-corrected chi connectivity index (χ0v) is 7.93. The monoisotopic (exact) mass is 209 g/mol. The highest BCUT2D eigenvalue weighted by molar-refractivity contribution is 7.12. The summed E-state index contributed by atoms with van der Waals surface area (Å²) in [6.07, 6.45) is -0.242. The minimum Gasteiger partial charge on any atom is -0.365 e. The first-order chi connectivity index (χ1) is 6.65. The average Bonchev–Trinajstić information content (AvgIpc) is 2.52. The van der Waals surface area contributed by atoms with E-state index in [1.54, 1.807) is 17.5 Å². The number of nitrogens with zero attached hydrogens (tertiary/aromatic N) is 1. The number of hydrogen-bond acceptors (Lipinski definition) is 4. The highest BCUT2D eigenvalue weighted by Crippen LogP contribution is 2.21. The van der Waals surface area contributed by atoms with Gasteiger partial charge in [0.2, 0.25) is 5.91 Å². The SMILES string of the molecule is N#CCC(=O)Nc1ccsc1C(N)=O. The number of nitrogens with one attached hydrogen (secondary N) is 1. The van der Waals surface area contributed by atoms with Crippen molar-refractivity contribution in [2.45, 2.75) is 6.42 Å². The zero-order chi connectivity index (χ0) is 10.6. The lowest BCUT2D eigenvalue weighted by Crippen LogP contribution is -2.15. The van der Waals surface area contributed by atoms with Gasteiger partial charge in [-0.2, -0.15) is 5.26 Å². The minimum absolute atomic E-state index is 0.242. The topological polar surface area (TPSA) is 96.0 Å². The summed E-state index contributed by atoms with van der Waals surface area (Å²) in [5.41, 5.74) is 5.43. The number of nitriles is 1. The molecule has 0 spiro atoms. The molecule has 6 heteroatoms. The Morgan fingerprint density at radius 3 is 2.93 bits per heavy atom. The van der Waals surface area contributed by atoms with E-state index >= 15 is 0 Å². The van der Waals surface area contributed by atoms with Gasteiger partial charge >= 0.3 is 0 Å². The highest BCUT2D eigenvalue weighted by Gasteiger charge is 2.11. The van der Waals surface area contributed by atoms with Gasteiger partial charge in [0.1, 0.15) is 11.3 Å². The quantitative estimate of drug-likeness (QED) is 0.766. The number of carbonyl (C=O) groups excluding carboxylic acids is 2. The van der Waals surface area contributed by atoms with Gasteiger partial charge in [-0.05, 0) is 11.4 Å². The van der Waals surface area contributed by atoms with Crippen molar-refractivity contribution in [3.63, 3.8) is 0 Å². The molecule has 1 aromatic rings. The van der Waals surface area contributed by atoms with Crippen LogP contribution in [-0.4, -0.2) is 11.8 Å². The van der Waals surface area contributed by atoms with E-state index in [1.165, 1.54) is 0 Å². The summed E-state index contributed by atoms with van der Waals surface area (Å²) in [6, 6.07) is 3.27. The van der Waals surface area contributed by atoms with Crippen LogP contribution in [0.1, 0.15) is 16.1 Å². The first-order valence-corrected chi connectivity index (χ1v) is 4.57. The molecule has 0 aliphatic heterocycles. The van der Waals surface area contributed by atoms with E-state index in [2.05, 4.69) is 5.32 Å². The number of hydrogen-bond donors (Lipinski definition) is 2. The Bertz CT molecular complexity index is 405. The van der Waals surface area contributed by atoms with Gasteiger partial charge in [-0.15, -0.1) is 11.3 Å². The van der Waals surface area contributed by atoms with Gasteiger partial charge in [0, 0.05) is 0 Å². The third-order valence-electron chi connectivity index (χ3n) is 1.40. The van der Waals surface area contributed by atoms with E-state index in [9.17, 15) is 9.59 Å². The van der Waals surface area contributed by atoms with E-state index < -0.39 is 11.8 Å². The Balaban J connectivity index is 2.77. The minimum atomic E-state index is -0.591. The molecule has 0 fully saturated rings. The van der Waals surface area contributed by atoms with Crippen molar-refractivity contribution in [3.8, 4) is 6.07 Å². The smallest absolute Gasteiger partial charge is 0.260 e. The van der Waals surface area contributed by atoms with E-state index in [0.717, 1.165) is 11.3 Å². The van der Waals surface area contributed by atoms with Gasteiger partial charge in [0.05, 0.1) is 11.8 Å². The molecule has 0 bridgehead atoms. The van der Waals surface area contributed by atoms with Crippen LogP contribution in [0.15, 0.2) is 11.4 Å². The number of thiophene rings is 1. The van der Waals surface area contributed by atoms with Crippen LogP contribution in [0.4, 0.5) is 5.69 Å². The second kappa shape index (κ2) is 4.39. The molecule has 0 saturated carbocycles. The fraction of sp³-hybridized carbons (Fsp3) is 0.125. The van der Waals surface area contributed by atoms with Gasteiger partial charge in [-0.1, -0.05) is 0 Å². The lowest BCUT2D eigenvalue weighted by molar-refractivity contribution is -0.115. The van der Waals surface area contributed by atoms with Crippen molar-refractivity contribution < 1.29 is 9.59 Å². The van der Waals surface area contributed by atoms with Gasteiger partial charge in [0.25, 0.3) is 5.91 Å². The van der Waals surface area contributed by atoms with Gasteiger partial charge in [-0.3, -0.25) is 9.59 Å². The Hall–Kier alpha value is -1.87. The van der Waals surface area contributed by atoms with E-state index in [1.807, 2.05) is 0 Å². The molecule has 0 aromatic carbocycles. The fourth-order valence-corrected chi connectivity index (χ4v) is 1.57. The molecule has 72 valence electrons. The number of carbonyl (C=O) groups is 2. The van der Waals surface area contributed by atoms with Crippen LogP contribution in [0.3, 0.4) is 0 Å². The normalized spacial score (nSPS) is 9.07. The molecule has 1 aromatic heterocycles. The van der Waals surface area contributed by atoms with E-state index in [4.69, 9.17) is 11.0 Å². The van der Waals surface area contributed by atoms with Crippen molar-refractivity contribution in [3.05, 3.63) is 16.3 Å². The second-order valence-corrected chi connectivity index (χ2v) is 3.33. The number of anilines is 1. The maximum Gasteiger partial charge on any atom is 0.260 e. The van der Waals surface area contributed by atoms with Crippen LogP contribution in [0.25, 0.3) is 0 Å². The first kappa shape index (κ1) is 10.2. The summed E-state index contributed by atoms with van der Waals surface area (Å²) in [6.45, 7) is 0. The predicted octanol–water partition coefficient (Wildman–Crippen LogP) is 0.699. The number of primary amides is 1. The molecule has 0 saturated heterocycles. The number of amides is 2. The maximum atomic E-state index is 11.0. The van der Waals surface area contributed by atoms with Crippen LogP contribution in [0.2, 0.25) is 0 Å². The lowest BCUT2D eigenvalue weighted by atomic mass is 10.3. The van der Waals surface area contributed by atoms with Crippen molar-refractivity contribution >= 4 is 28.8 Å². The van der Waals surface area contributed by atoms with Crippen molar-refractivity contribution in [2.75, 3.05) is 5.32 Å². The third kappa shape index (κ3) is 2.31. The first-order valence-electron chi connectivity index (χ1n) is 3.69. The molecule has 3 N–H and O–H groups in total. The van der Waals surface area contributed by atoms with Gasteiger partial charge < -0.3 is 11.1 Å². The molecule has 1 heterocycles. The number of rotatable bonds is 3. The molecular weight excluding hydrogens is 202 g/mol. The summed E-state index contributed by atoms with van der Waals surface area (Å²) in [7, 11) is 0. The Labute approximate surface area is 84.1 Å². The van der Waals surface area contributed by atoms with E-state index in [0.29, 0.717) is 5.69 Å². The average molecular weight is 209 g/mol. The van der Waals surface area contributed by atoms with Crippen molar-refractivity contribution in [2.24, 2.45) is 5.73 Å². The molecular formula is C8H7N3O2S. The summed E-state index contributed by atoms with van der Waals surface area (Å²) >= 11 is 1.15. The maximum absolute atomic E-state index is 11.0. The van der Waals surface area contributed by atoms with Crippen LogP contribution in [0, 0.1) is 11.3 Å². The molecule has 5 nitrogen and oxygen atoms in total. The second-order valence-electron chi connectivity index (χ2n) is 2.41. The van der Waals surface area contributed by atoms with Crippen LogP contribution in [0.5, 0.6) is 0 Å². The zero-order valence-electron chi connectivity index (χ0n) is 7.11. The highest BCUT2D eigenvalue weighted by atomic mass is 32.1. The summed E-state index contributed by atoms with van der Waals surface area (Å²) in [5, 5.41) is 12.3. The van der Waals surface area contributed by atoms with Crippen molar-refractivity contribution in [1.29, 1.82) is 5.26 Å².